The number of urea groups is 1. The summed E-state index contributed by atoms with van der Waals surface area (Å²) < 4.78 is 7.94. The van der Waals surface area contributed by atoms with E-state index in [0.717, 1.165) is 81.2 Å². The molecule has 7 rings (SSSR count). The van der Waals surface area contributed by atoms with E-state index in [1.165, 1.54) is 11.9 Å². The molecule has 0 aliphatic carbocycles. The Morgan fingerprint density at radius 3 is 2.18 bits per heavy atom. The largest absolute Gasteiger partial charge is 0.387 e. The maximum atomic E-state index is 13.3. The topological polar surface area (TPSA) is 274 Å². The highest BCUT2D eigenvalue weighted by molar-refractivity contribution is 6.25. The number of rotatable bonds is 29. The summed E-state index contributed by atoms with van der Waals surface area (Å²) in [6, 6.07) is 11.8. The summed E-state index contributed by atoms with van der Waals surface area (Å²) in [6.45, 7) is 13.8. The fourth-order valence-corrected chi connectivity index (χ4v) is 10.1. The van der Waals surface area contributed by atoms with E-state index in [1.807, 2.05) is 24.3 Å². The first-order chi connectivity index (χ1) is 37.0. The third kappa shape index (κ3) is 15.6. The number of imidazole rings is 1. The van der Waals surface area contributed by atoms with E-state index in [2.05, 4.69) is 86.4 Å². The van der Waals surface area contributed by atoms with E-state index in [4.69, 9.17) is 4.74 Å². The van der Waals surface area contributed by atoms with Gasteiger partial charge in [-0.25, -0.2) is 19.7 Å². The van der Waals surface area contributed by atoms with Crippen LogP contribution in [-0.2, 0) is 24.5 Å². The fourth-order valence-electron chi connectivity index (χ4n) is 10.1. The highest BCUT2D eigenvalue weighted by Gasteiger charge is 2.47. The van der Waals surface area contributed by atoms with E-state index in [-0.39, 0.29) is 47.4 Å². The normalized spacial score (nSPS) is 19.5. The van der Waals surface area contributed by atoms with Gasteiger partial charge in [-0.15, -0.1) is 0 Å². The summed E-state index contributed by atoms with van der Waals surface area (Å²) in [7, 11) is 0. The lowest BCUT2D eigenvalue weighted by molar-refractivity contribution is -0.136. The Morgan fingerprint density at radius 1 is 0.792 bits per heavy atom. The van der Waals surface area contributed by atoms with Crippen LogP contribution in [0, 0.1) is 0 Å². The summed E-state index contributed by atoms with van der Waals surface area (Å²) in [5.74, 6) is -1.45. The van der Waals surface area contributed by atoms with E-state index in [0.29, 0.717) is 74.8 Å². The lowest BCUT2D eigenvalue weighted by Crippen LogP contribution is -2.54. The number of ether oxygens (including phenoxy) is 1. The van der Waals surface area contributed by atoms with Gasteiger partial charge in [0.25, 0.3) is 11.8 Å². The van der Waals surface area contributed by atoms with Gasteiger partial charge in [0.15, 0.2) is 23.2 Å². The third-order valence-electron chi connectivity index (χ3n) is 14.6. The summed E-state index contributed by atoms with van der Waals surface area (Å²) in [6.07, 6.45) is 11.3. The Morgan fingerprint density at radius 2 is 1.47 bits per heavy atom. The first-order valence-corrected chi connectivity index (χ1v) is 27.7. The second-order valence-corrected chi connectivity index (χ2v) is 21.8. The molecule has 0 bridgehead atoms. The number of carbonyl (C=O) groups is 6. The van der Waals surface area contributed by atoms with Crippen LogP contribution in [0.4, 0.5) is 22.0 Å². The van der Waals surface area contributed by atoms with Crippen molar-refractivity contribution in [3.63, 3.8) is 0 Å². The van der Waals surface area contributed by atoms with Crippen LogP contribution in [-0.4, -0.2) is 145 Å². The number of piperidine rings is 1. The molecule has 418 valence electrons. The molecule has 0 radical (unpaired) electrons. The summed E-state index contributed by atoms with van der Waals surface area (Å²) in [5, 5.41) is 40.1. The lowest BCUT2D eigenvalue weighted by atomic mass is 9.87. The van der Waals surface area contributed by atoms with Crippen molar-refractivity contribution in [2.24, 2.45) is 0 Å². The molecule has 2 aromatic carbocycles. The van der Waals surface area contributed by atoms with Gasteiger partial charge in [-0.1, -0.05) is 83.9 Å². The average molecular weight is 1070 g/mol. The molecular formula is C56H80N12O9. The van der Waals surface area contributed by atoms with Gasteiger partial charge in [-0.3, -0.25) is 43.7 Å². The van der Waals surface area contributed by atoms with Crippen molar-refractivity contribution >= 4 is 63.9 Å². The van der Waals surface area contributed by atoms with Gasteiger partial charge in [-0.05, 0) is 87.6 Å². The van der Waals surface area contributed by atoms with Crippen LogP contribution in [0.5, 0.6) is 0 Å². The molecule has 2 fully saturated rings. The van der Waals surface area contributed by atoms with Gasteiger partial charge in [-0.2, -0.15) is 0 Å². The number of carbonyl (C=O) groups excluding carboxylic acids is 6. The van der Waals surface area contributed by atoms with Gasteiger partial charge >= 0.3 is 6.03 Å². The zero-order chi connectivity index (χ0) is 55.1. The quantitative estimate of drug-likeness (QED) is 0.0216. The van der Waals surface area contributed by atoms with E-state index < -0.39 is 54.2 Å². The molecule has 7 amide bonds. The molecule has 5 heterocycles. The Labute approximate surface area is 451 Å². The van der Waals surface area contributed by atoms with Crippen LogP contribution in [0.3, 0.4) is 0 Å². The number of aromatic nitrogens is 4. The second kappa shape index (κ2) is 27.7. The number of nitrogens with zero attached hydrogens (tertiary/aromatic N) is 6. The number of aliphatic hydroxyl groups excluding tert-OH is 2. The molecule has 8 N–H and O–H groups in total. The molecule has 4 aromatic rings. The lowest BCUT2D eigenvalue weighted by Gasteiger charge is -2.30. The molecule has 0 saturated carbocycles. The molecule has 0 spiro atoms. The number of fused-ring (bicyclic) bond motifs is 2. The standard InChI is InChI=1S/C56H80N12O9/c1-36(2)66(32-18-31-60-55(76)64-38-24-22-37(23-25-38)56(3,4)5)33-42-47(71)48(72)54(77-42)67-35-63-46-49(61-34-62-50(46)67)59-30-16-15-29-58-43(69)21-13-11-9-7-6-8-10-12-14-28-57-40-20-17-19-39-45(40)53(75)68(52(39)74)41-26-27-44(70)65-51(41)73/h17,19-20,22-25,34-36,41-42,47-48,54,57,71-72H,6-16,18,21,26-33H2,1-5H3,(H,58,69)(H,59,61,62)(H2,60,64,76)(H,65,70,73)/t41?,42-,47?,48?,54-/m1/s1. The third-order valence-corrected chi connectivity index (χ3v) is 14.6. The molecular weight excluding hydrogens is 985 g/mol. The average Bonchev–Trinajstić information content (AvgIpc) is 4.08. The number of anilines is 3. The minimum atomic E-state index is -1.22. The number of unbranched alkanes of at least 4 members (excludes halogenated alkanes) is 9. The second-order valence-electron chi connectivity index (χ2n) is 21.8. The number of benzene rings is 2. The van der Waals surface area contributed by atoms with Gasteiger partial charge < -0.3 is 41.5 Å². The molecule has 5 atom stereocenters. The van der Waals surface area contributed by atoms with Crippen molar-refractivity contribution < 1.29 is 43.7 Å². The smallest absolute Gasteiger partial charge is 0.319 e. The highest BCUT2D eigenvalue weighted by Crippen LogP contribution is 2.35. The van der Waals surface area contributed by atoms with Gasteiger partial charge in [0.2, 0.25) is 17.7 Å². The van der Waals surface area contributed by atoms with Crippen molar-refractivity contribution in [1.82, 2.24) is 45.3 Å². The minimum Gasteiger partial charge on any atom is -0.387 e. The number of hydrogen-bond donors (Lipinski definition) is 8. The van der Waals surface area contributed by atoms with Crippen LogP contribution in [0.25, 0.3) is 11.2 Å². The van der Waals surface area contributed by atoms with Gasteiger partial charge in [0, 0.05) is 69.5 Å². The van der Waals surface area contributed by atoms with Crippen molar-refractivity contribution in [2.45, 2.75) is 173 Å². The number of imide groups is 2. The predicted octanol–water partition coefficient (Wildman–Crippen LogP) is 6.39. The van der Waals surface area contributed by atoms with Crippen molar-refractivity contribution in [2.75, 3.05) is 55.2 Å². The predicted molar refractivity (Wildman–Crippen MR) is 293 cm³/mol. The zero-order valence-electron chi connectivity index (χ0n) is 45.4. The molecule has 3 unspecified atom stereocenters. The number of amides is 7. The Balaban J connectivity index is 0.709. The molecule has 77 heavy (non-hydrogen) atoms. The molecule has 21 heteroatoms. The molecule has 2 saturated heterocycles. The van der Waals surface area contributed by atoms with E-state index >= 15 is 0 Å². The highest BCUT2D eigenvalue weighted by atomic mass is 16.6. The van der Waals surface area contributed by atoms with Crippen molar-refractivity contribution in [3.05, 3.63) is 71.8 Å². The summed E-state index contributed by atoms with van der Waals surface area (Å²) in [5.41, 5.74) is 4.04. The molecule has 21 nitrogen and oxygen atoms in total. The van der Waals surface area contributed by atoms with E-state index in [1.54, 1.807) is 29.1 Å². The summed E-state index contributed by atoms with van der Waals surface area (Å²) >= 11 is 0. The van der Waals surface area contributed by atoms with Gasteiger partial charge in [0.1, 0.15) is 30.7 Å². The van der Waals surface area contributed by atoms with Crippen molar-refractivity contribution in [1.29, 1.82) is 0 Å². The Kier molecular flexibility index (Phi) is 20.9. The van der Waals surface area contributed by atoms with Crippen LogP contribution < -0.4 is 31.9 Å². The van der Waals surface area contributed by atoms with Crippen molar-refractivity contribution in [3.8, 4) is 0 Å². The molecule has 3 aliphatic rings. The van der Waals surface area contributed by atoms with Crippen LogP contribution in [0.1, 0.15) is 163 Å². The monoisotopic (exact) mass is 1060 g/mol. The Hall–Kier alpha value is -6.55. The fraction of sp³-hybridized carbons (Fsp3) is 0.589. The zero-order valence-corrected chi connectivity index (χ0v) is 45.4. The maximum Gasteiger partial charge on any atom is 0.319 e. The van der Waals surface area contributed by atoms with Gasteiger partial charge in [0.05, 0.1) is 17.5 Å². The first-order valence-electron chi connectivity index (χ1n) is 27.7. The van der Waals surface area contributed by atoms with Crippen LogP contribution >= 0.6 is 0 Å². The minimum absolute atomic E-state index is 0.0275. The number of aliphatic hydroxyl groups is 2. The Bertz CT molecular complexity index is 2650. The molecule has 2 aromatic heterocycles. The molecule has 3 aliphatic heterocycles. The van der Waals surface area contributed by atoms with Crippen LogP contribution in [0.2, 0.25) is 0 Å². The first kappa shape index (κ1) is 58.1. The maximum absolute atomic E-state index is 13.3. The summed E-state index contributed by atoms with van der Waals surface area (Å²) in [4.78, 5) is 92.1. The van der Waals surface area contributed by atoms with Crippen LogP contribution in [0.15, 0.2) is 55.1 Å². The van der Waals surface area contributed by atoms with E-state index in [9.17, 15) is 39.0 Å². The number of hydrogen-bond acceptors (Lipinski definition) is 15. The number of nitrogens with one attached hydrogen (secondary N) is 6. The SMILES string of the molecule is CC(C)N(CCCNC(=O)Nc1ccc(C(C)(C)C)cc1)C[C@H]1O[C@@H](n2cnc3c(NCCCCNC(=O)CCCCCCCCCCCNc4cccc5c4C(=O)N(C4CCC(=O)NC4=O)C5=O)ncnc32)C(O)C1O.